The molecule has 2 saturated heterocycles. The lowest BCUT2D eigenvalue weighted by Gasteiger charge is -2.37. The van der Waals surface area contributed by atoms with E-state index in [0.29, 0.717) is 30.8 Å². The predicted molar refractivity (Wildman–Crippen MR) is 89.2 cm³/mol. The number of alkyl halides is 3. The van der Waals surface area contributed by atoms with E-state index in [-0.39, 0.29) is 12.6 Å². The average Bonchev–Trinajstić information content (AvgIpc) is 3.21. The number of urea groups is 1. The van der Waals surface area contributed by atoms with Crippen molar-refractivity contribution in [1.82, 2.24) is 19.8 Å². The zero-order valence-electron chi connectivity index (χ0n) is 14.7. The second-order valence-electron chi connectivity index (χ2n) is 7.20. The third-order valence-electron chi connectivity index (χ3n) is 5.48. The summed E-state index contributed by atoms with van der Waals surface area (Å²) >= 11 is 0. The van der Waals surface area contributed by atoms with Crippen LogP contribution in [0.15, 0.2) is 6.33 Å². The summed E-state index contributed by atoms with van der Waals surface area (Å²) < 4.78 is 37.8. The Morgan fingerprint density at radius 1 is 1.11 bits per heavy atom. The van der Waals surface area contributed by atoms with Gasteiger partial charge in [0, 0.05) is 30.4 Å². The monoisotopic (exact) mass is 383 g/mol. The SMILES string of the molecule is O=C1CN(C2CCN(c3ncnc4c3CCC4)CC2)C(=O)N1CC(F)(F)F. The van der Waals surface area contributed by atoms with Crippen LogP contribution < -0.4 is 4.90 Å². The van der Waals surface area contributed by atoms with Crippen molar-refractivity contribution in [3.63, 3.8) is 0 Å². The second kappa shape index (κ2) is 6.65. The molecule has 10 heteroatoms. The number of carbonyl (C=O) groups excluding carboxylic acids is 2. The lowest BCUT2D eigenvalue weighted by atomic mass is 10.0. The zero-order valence-corrected chi connectivity index (χ0v) is 14.7. The lowest BCUT2D eigenvalue weighted by molar-refractivity contribution is -0.151. The Kier molecular flexibility index (Phi) is 4.43. The van der Waals surface area contributed by atoms with E-state index in [1.165, 1.54) is 10.5 Å². The maximum absolute atomic E-state index is 12.6. The molecule has 3 amide bonds. The van der Waals surface area contributed by atoms with Crippen LogP contribution in [-0.2, 0) is 17.6 Å². The highest BCUT2D eigenvalue weighted by molar-refractivity contribution is 6.02. The van der Waals surface area contributed by atoms with Crippen LogP contribution in [0.4, 0.5) is 23.8 Å². The number of anilines is 1. The summed E-state index contributed by atoms with van der Waals surface area (Å²) in [7, 11) is 0. The van der Waals surface area contributed by atoms with E-state index in [2.05, 4.69) is 14.9 Å². The first-order valence-electron chi connectivity index (χ1n) is 9.09. The van der Waals surface area contributed by atoms with Crippen molar-refractivity contribution < 1.29 is 22.8 Å². The number of halogens is 3. The van der Waals surface area contributed by atoms with E-state index < -0.39 is 24.7 Å². The molecule has 3 heterocycles. The number of imide groups is 1. The zero-order chi connectivity index (χ0) is 19.2. The van der Waals surface area contributed by atoms with E-state index in [4.69, 9.17) is 0 Å². The molecule has 7 nitrogen and oxygen atoms in total. The number of piperidine rings is 1. The Bertz CT molecular complexity index is 761. The highest BCUT2D eigenvalue weighted by Crippen LogP contribution is 2.31. The maximum Gasteiger partial charge on any atom is 0.406 e. The van der Waals surface area contributed by atoms with Crippen LogP contribution in [0.5, 0.6) is 0 Å². The minimum atomic E-state index is -4.59. The Balaban J connectivity index is 1.41. The van der Waals surface area contributed by atoms with Crippen LogP contribution in [0, 0.1) is 0 Å². The van der Waals surface area contributed by atoms with Crippen LogP contribution >= 0.6 is 0 Å². The van der Waals surface area contributed by atoms with Crippen molar-refractivity contribution in [1.29, 1.82) is 0 Å². The fraction of sp³-hybridized carbons (Fsp3) is 0.647. The highest BCUT2D eigenvalue weighted by atomic mass is 19.4. The molecule has 0 radical (unpaired) electrons. The van der Waals surface area contributed by atoms with E-state index in [9.17, 15) is 22.8 Å². The number of aromatic nitrogens is 2. The molecule has 0 saturated carbocycles. The summed E-state index contributed by atoms with van der Waals surface area (Å²) in [6.45, 7) is -0.508. The molecule has 1 aromatic heterocycles. The summed E-state index contributed by atoms with van der Waals surface area (Å²) in [6.07, 6.45) is 1.16. The Hall–Kier alpha value is -2.39. The second-order valence-corrected chi connectivity index (χ2v) is 7.20. The molecule has 27 heavy (non-hydrogen) atoms. The van der Waals surface area contributed by atoms with Crippen LogP contribution in [-0.4, -0.2) is 70.1 Å². The van der Waals surface area contributed by atoms with Crippen molar-refractivity contribution in [2.75, 3.05) is 31.1 Å². The summed E-state index contributed by atoms with van der Waals surface area (Å²) in [6, 6.07) is -1.07. The molecule has 1 aliphatic carbocycles. The molecule has 3 aliphatic rings. The molecule has 0 spiro atoms. The molecule has 0 aromatic carbocycles. The molecule has 0 atom stereocenters. The van der Waals surface area contributed by atoms with Crippen LogP contribution in [0.2, 0.25) is 0 Å². The van der Waals surface area contributed by atoms with Crippen molar-refractivity contribution in [2.24, 2.45) is 0 Å². The fourth-order valence-electron chi connectivity index (χ4n) is 4.18. The van der Waals surface area contributed by atoms with Gasteiger partial charge < -0.3 is 9.80 Å². The number of amides is 3. The number of fused-ring (bicyclic) bond motifs is 1. The number of carbonyl (C=O) groups is 2. The maximum atomic E-state index is 12.6. The predicted octanol–water partition coefficient (Wildman–Crippen LogP) is 1.76. The van der Waals surface area contributed by atoms with Gasteiger partial charge in [0.2, 0.25) is 0 Å². The Labute approximate surface area is 154 Å². The molecule has 2 fully saturated rings. The number of rotatable bonds is 3. The first-order valence-corrected chi connectivity index (χ1v) is 9.09. The first kappa shape index (κ1) is 18.0. The van der Waals surface area contributed by atoms with Gasteiger partial charge in [-0.1, -0.05) is 0 Å². The van der Waals surface area contributed by atoms with Gasteiger partial charge in [-0.05, 0) is 32.1 Å². The molecule has 2 aliphatic heterocycles. The number of aryl methyl sites for hydroxylation is 1. The Morgan fingerprint density at radius 2 is 1.85 bits per heavy atom. The third kappa shape index (κ3) is 3.44. The lowest BCUT2D eigenvalue weighted by Crippen LogP contribution is -2.47. The van der Waals surface area contributed by atoms with E-state index in [1.54, 1.807) is 6.33 Å². The van der Waals surface area contributed by atoms with Gasteiger partial charge in [-0.15, -0.1) is 0 Å². The van der Waals surface area contributed by atoms with Gasteiger partial charge in [-0.25, -0.2) is 14.8 Å². The quantitative estimate of drug-likeness (QED) is 0.744. The molecule has 0 N–H and O–H groups in total. The van der Waals surface area contributed by atoms with Gasteiger partial charge in [0.05, 0.1) is 0 Å². The summed E-state index contributed by atoms with van der Waals surface area (Å²) in [5, 5.41) is 0. The molecular formula is C17H20F3N5O2. The first-order chi connectivity index (χ1) is 12.8. The number of hydrogen-bond donors (Lipinski definition) is 0. The van der Waals surface area contributed by atoms with Gasteiger partial charge in [0.1, 0.15) is 25.2 Å². The standard InChI is InChI=1S/C17H20F3N5O2/c18-17(19,20)9-25-14(26)8-24(16(25)27)11-4-6-23(7-5-11)15-12-2-1-3-13(12)21-10-22-15/h10-11H,1-9H2. The van der Waals surface area contributed by atoms with Crippen molar-refractivity contribution in [2.45, 2.75) is 44.3 Å². The minimum Gasteiger partial charge on any atom is -0.356 e. The molecule has 4 rings (SSSR count). The topological polar surface area (TPSA) is 69.6 Å². The molecule has 146 valence electrons. The van der Waals surface area contributed by atoms with Gasteiger partial charge in [0.25, 0.3) is 5.91 Å². The van der Waals surface area contributed by atoms with E-state index >= 15 is 0 Å². The average molecular weight is 383 g/mol. The highest BCUT2D eigenvalue weighted by Gasteiger charge is 2.45. The largest absolute Gasteiger partial charge is 0.406 e. The molecular weight excluding hydrogens is 363 g/mol. The summed E-state index contributed by atoms with van der Waals surface area (Å²) in [5.41, 5.74) is 2.27. The smallest absolute Gasteiger partial charge is 0.356 e. The number of hydrogen-bond acceptors (Lipinski definition) is 5. The summed E-state index contributed by atoms with van der Waals surface area (Å²) in [5.74, 6) is 0.145. The van der Waals surface area contributed by atoms with E-state index in [0.717, 1.165) is 30.8 Å². The van der Waals surface area contributed by atoms with Crippen molar-refractivity contribution in [3.05, 3.63) is 17.6 Å². The van der Waals surface area contributed by atoms with Gasteiger partial charge in [0.15, 0.2) is 0 Å². The third-order valence-corrected chi connectivity index (χ3v) is 5.48. The number of nitrogens with zero attached hydrogens (tertiary/aromatic N) is 5. The van der Waals surface area contributed by atoms with E-state index in [1.807, 2.05) is 0 Å². The van der Waals surface area contributed by atoms with Gasteiger partial charge >= 0.3 is 12.2 Å². The molecule has 1 aromatic rings. The Morgan fingerprint density at radius 3 is 2.56 bits per heavy atom. The van der Waals surface area contributed by atoms with Gasteiger partial charge in [-0.3, -0.25) is 9.69 Å². The summed E-state index contributed by atoms with van der Waals surface area (Å²) in [4.78, 5) is 36.7. The van der Waals surface area contributed by atoms with Crippen LogP contribution in [0.1, 0.15) is 30.5 Å². The minimum absolute atomic E-state index is 0.231. The fourth-order valence-corrected chi connectivity index (χ4v) is 4.18. The normalized spacial score (nSPS) is 21.4. The molecule has 0 bridgehead atoms. The molecule has 0 unspecified atom stereocenters. The van der Waals surface area contributed by atoms with Crippen LogP contribution in [0.3, 0.4) is 0 Å². The van der Waals surface area contributed by atoms with Gasteiger partial charge in [-0.2, -0.15) is 13.2 Å². The van der Waals surface area contributed by atoms with Crippen molar-refractivity contribution >= 4 is 17.8 Å². The van der Waals surface area contributed by atoms with Crippen LogP contribution in [0.25, 0.3) is 0 Å². The van der Waals surface area contributed by atoms with Crippen molar-refractivity contribution in [3.8, 4) is 0 Å².